The van der Waals surface area contributed by atoms with Gasteiger partial charge in [0, 0.05) is 13.1 Å². The summed E-state index contributed by atoms with van der Waals surface area (Å²) in [5.74, 6) is 6.03. The third-order valence-electron chi connectivity index (χ3n) is 3.21. The van der Waals surface area contributed by atoms with Crippen LogP contribution in [0.1, 0.15) is 24.5 Å². The van der Waals surface area contributed by atoms with Crippen LogP contribution in [-0.2, 0) is 11.3 Å². The summed E-state index contributed by atoms with van der Waals surface area (Å²) in [5.41, 5.74) is 2.36. The van der Waals surface area contributed by atoms with E-state index in [1.807, 2.05) is 4.90 Å². The van der Waals surface area contributed by atoms with Gasteiger partial charge in [0.2, 0.25) is 11.1 Å². The summed E-state index contributed by atoms with van der Waals surface area (Å²) in [6.45, 7) is 5.49. The highest BCUT2D eigenvalue weighted by Crippen LogP contribution is 2.15. The minimum atomic E-state index is 0.0791. The second-order valence-corrected chi connectivity index (χ2v) is 6.05. The molecule has 1 amide bonds. The van der Waals surface area contributed by atoms with Crippen LogP contribution in [0.25, 0.3) is 0 Å². The molecule has 6 nitrogen and oxygen atoms in total. The van der Waals surface area contributed by atoms with Crippen LogP contribution in [-0.4, -0.2) is 38.0 Å². The first kappa shape index (κ1) is 16.4. The topological polar surface area (TPSA) is 77.0 Å². The third-order valence-corrected chi connectivity index (χ3v) is 4.15. The van der Waals surface area contributed by atoms with Gasteiger partial charge < -0.3 is 10.7 Å². The second kappa shape index (κ2) is 7.84. The van der Waals surface area contributed by atoms with E-state index in [4.69, 9.17) is 5.84 Å². The largest absolute Gasteiger partial charge is 0.338 e. The molecule has 0 saturated heterocycles. The zero-order valence-electron chi connectivity index (χ0n) is 12.9. The number of hydrogen-bond acceptors (Lipinski definition) is 5. The highest BCUT2D eigenvalue weighted by Gasteiger charge is 2.15. The van der Waals surface area contributed by atoms with Gasteiger partial charge in [0.15, 0.2) is 0 Å². The molecule has 118 valence electrons. The highest BCUT2D eigenvalue weighted by atomic mass is 32.2. The Labute approximate surface area is 134 Å². The Hall–Kier alpha value is -2.02. The van der Waals surface area contributed by atoms with Gasteiger partial charge in [-0.1, -0.05) is 48.5 Å². The molecule has 0 aliphatic rings. The Kier molecular flexibility index (Phi) is 5.83. The minimum Gasteiger partial charge on any atom is -0.338 e. The van der Waals surface area contributed by atoms with Gasteiger partial charge in [-0.3, -0.25) is 4.79 Å². The van der Waals surface area contributed by atoms with Gasteiger partial charge in [0.05, 0.1) is 5.75 Å². The number of carbonyl (C=O) groups excluding carboxylic acids is 1. The van der Waals surface area contributed by atoms with Crippen LogP contribution in [0.15, 0.2) is 35.7 Å². The molecule has 0 unspecified atom stereocenters. The molecule has 1 heterocycles. The standard InChI is InChI=1S/C15H21N5OS/c1-3-8-19(9-13-6-4-12(2)5-7-13)14(21)10-22-15-18-17-11-20(15)16/h4-7,11H,3,8-10,16H2,1-2H3. The van der Waals surface area contributed by atoms with Crippen LogP contribution in [0, 0.1) is 6.92 Å². The molecule has 0 aliphatic carbocycles. The van der Waals surface area contributed by atoms with E-state index in [9.17, 15) is 4.79 Å². The van der Waals surface area contributed by atoms with E-state index in [1.54, 1.807) is 0 Å². The van der Waals surface area contributed by atoms with Crippen molar-refractivity contribution in [3.8, 4) is 0 Å². The molecule has 7 heteroatoms. The number of nitrogen functional groups attached to an aromatic ring is 1. The predicted octanol–water partition coefficient (Wildman–Crippen LogP) is 1.83. The van der Waals surface area contributed by atoms with Crippen molar-refractivity contribution in [1.29, 1.82) is 0 Å². The van der Waals surface area contributed by atoms with Crippen molar-refractivity contribution in [3.05, 3.63) is 41.7 Å². The number of nitrogens with two attached hydrogens (primary N) is 1. The molecule has 1 aromatic heterocycles. The van der Waals surface area contributed by atoms with Crippen molar-refractivity contribution in [2.45, 2.75) is 32.0 Å². The number of hydrogen-bond donors (Lipinski definition) is 1. The van der Waals surface area contributed by atoms with Gasteiger partial charge in [-0.25, -0.2) is 4.68 Å². The van der Waals surface area contributed by atoms with E-state index in [2.05, 4.69) is 48.3 Å². The maximum Gasteiger partial charge on any atom is 0.233 e. The Bertz CT molecular complexity index is 611. The molecule has 0 saturated carbocycles. The highest BCUT2D eigenvalue weighted by molar-refractivity contribution is 7.99. The van der Waals surface area contributed by atoms with Crippen LogP contribution in [0.3, 0.4) is 0 Å². The Balaban J connectivity index is 1.95. The molecular formula is C15H21N5OS. The molecule has 2 rings (SSSR count). The van der Waals surface area contributed by atoms with Crippen molar-refractivity contribution < 1.29 is 4.79 Å². The van der Waals surface area contributed by atoms with Crippen molar-refractivity contribution >= 4 is 17.7 Å². The number of nitrogens with zero attached hydrogens (tertiary/aromatic N) is 4. The number of carbonyl (C=O) groups is 1. The first-order valence-electron chi connectivity index (χ1n) is 7.21. The monoisotopic (exact) mass is 319 g/mol. The average Bonchev–Trinajstić information content (AvgIpc) is 2.92. The predicted molar refractivity (Wildman–Crippen MR) is 87.8 cm³/mol. The molecular weight excluding hydrogens is 298 g/mol. The lowest BCUT2D eigenvalue weighted by Crippen LogP contribution is -2.32. The fourth-order valence-corrected chi connectivity index (χ4v) is 2.76. The molecule has 0 radical (unpaired) electrons. The summed E-state index contributed by atoms with van der Waals surface area (Å²) >= 11 is 1.30. The third kappa shape index (κ3) is 4.49. The van der Waals surface area contributed by atoms with Crippen molar-refractivity contribution in [2.24, 2.45) is 0 Å². The van der Waals surface area contributed by atoms with Crippen molar-refractivity contribution in [3.63, 3.8) is 0 Å². The van der Waals surface area contributed by atoms with Crippen LogP contribution >= 0.6 is 11.8 Å². The number of rotatable bonds is 7. The molecule has 0 fully saturated rings. The maximum atomic E-state index is 12.4. The van der Waals surface area contributed by atoms with Gasteiger partial charge in [0.1, 0.15) is 6.33 Å². The summed E-state index contributed by atoms with van der Waals surface area (Å²) in [6.07, 6.45) is 2.35. The number of aromatic nitrogens is 3. The van der Waals surface area contributed by atoms with Gasteiger partial charge in [-0.15, -0.1) is 10.2 Å². The van der Waals surface area contributed by atoms with E-state index in [1.165, 1.54) is 28.3 Å². The fourth-order valence-electron chi connectivity index (χ4n) is 2.03. The normalized spacial score (nSPS) is 10.6. The minimum absolute atomic E-state index is 0.0791. The Morgan fingerprint density at radius 2 is 2.09 bits per heavy atom. The molecule has 22 heavy (non-hydrogen) atoms. The maximum absolute atomic E-state index is 12.4. The zero-order chi connectivity index (χ0) is 15.9. The molecule has 0 aliphatic heterocycles. The molecule has 0 atom stereocenters. The fraction of sp³-hybridized carbons (Fsp3) is 0.400. The van der Waals surface area contributed by atoms with Crippen LogP contribution in [0.2, 0.25) is 0 Å². The van der Waals surface area contributed by atoms with Gasteiger partial charge in [0.25, 0.3) is 0 Å². The van der Waals surface area contributed by atoms with Gasteiger partial charge >= 0.3 is 0 Å². The summed E-state index contributed by atoms with van der Waals surface area (Å²) in [6, 6.07) is 8.26. The zero-order valence-corrected chi connectivity index (χ0v) is 13.7. The molecule has 2 N–H and O–H groups in total. The van der Waals surface area contributed by atoms with Crippen LogP contribution < -0.4 is 5.84 Å². The molecule has 2 aromatic rings. The number of benzene rings is 1. The van der Waals surface area contributed by atoms with Crippen molar-refractivity contribution in [1.82, 2.24) is 19.8 Å². The van der Waals surface area contributed by atoms with E-state index in [0.29, 0.717) is 17.5 Å². The smallest absolute Gasteiger partial charge is 0.233 e. The van der Waals surface area contributed by atoms with E-state index in [0.717, 1.165) is 18.5 Å². The lowest BCUT2D eigenvalue weighted by Gasteiger charge is -2.22. The van der Waals surface area contributed by atoms with E-state index in [-0.39, 0.29) is 5.91 Å². The van der Waals surface area contributed by atoms with E-state index >= 15 is 0 Å². The van der Waals surface area contributed by atoms with E-state index < -0.39 is 0 Å². The summed E-state index contributed by atoms with van der Waals surface area (Å²) in [4.78, 5) is 14.3. The lowest BCUT2D eigenvalue weighted by atomic mass is 10.1. The summed E-state index contributed by atoms with van der Waals surface area (Å²) < 4.78 is 1.32. The number of thioether (sulfide) groups is 1. The van der Waals surface area contributed by atoms with Crippen molar-refractivity contribution in [2.75, 3.05) is 18.1 Å². The number of amides is 1. The summed E-state index contributed by atoms with van der Waals surface area (Å²) in [5, 5.41) is 8.11. The second-order valence-electron chi connectivity index (χ2n) is 5.11. The first-order valence-corrected chi connectivity index (χ1v) is 8.20. The lowest BCUT2D eigenvalue weighted by molar-refractivity contribution is -0.129. The van der Waals surface area contributed by atoms with Crippen LogP contribution in [0.4, 0.5) is 0 Å². The quantitative estimate of drug-likeness (QED) is 0.622. The summed E-state index contributed by atoms with van der Waals surface area (Å²) in [7, 11) is 0. The Morgan fingerprint density at radius 3 is 2.68 bits per heavy atom. The SMILES string of the molecule is CCCN(Cc1ccc(C)cc1)C(=O)CSc1nncn1N. The van der Waals surface area contributed by atoms with Gasteiger partial charge in [-0.05, 0) is 18.9 Å². The Morgan fingerprint density at radius 1 is 1.36 bits per heavy atom. The molecule has 1 aromatic carbocycles. The average molecular weight is 319 g/mol. The molecule has 0 bridgehead atoms. The molecule has 0 spiro atoms. The van der Waals surface area contributed by atoms with Gasteiger partial charge in [-0.2, -0.15) is 0 Å². The first-order chi connectivity index (χ1) is 10.6. The number of aryl methyl sites for hydroxylation is 1. The van der Waals surface area contributed by atoms with Crippen LogP contribution in [0.5, 0.6) is 0 Å².